The standard InChI is InChI=1S/C17H25N3O2/c1-11(2)9-16(13(4)21)19-17(18)12(3)10-14-5-7-15(20-22)8-6-14/h5-8,11-12,16H,9-10H2,1-4H3,(H2,18,19)/t12?,16-/m0/s1. The zero-order valence-corrected chi connectivity index (χ0v) is 13.7. The summed E-state index contributed by atoms with van der Waals surface area (Å²) in [5, 5.41) is 14.1. The van der Waals surface area contributed by atoms with Crippen LogP contribution in [0.4, 0.5) is 5.69 Å². The Balaban J connectivity index is 2.62. The second-order valence-electron chi connectivity index (χ2n) is 6.21. The minimum atomic E-state index is -0.295. The van der Waals surface area contributed by atoms with Crippen molar-refractivity contribution in [3.8, 4) is 0 Å². The topological polar surface area (TPSA) is 82.4 Å². The molecule has 5 heteroatoms. The van der Waals surface area contributed by atoms with E-state index in [1.165, 1.54) is 0 Å². The fraction of sp³-hybridized carbons (Fsp3) is 0.529. The van der Waals surface area contributed by atoms with Gasteiger partial charge in [-0.25, -0.2) is 0 Å². The third kappa shape index (κ3) is 5.76. The maximum Gasteiger partial charge on any atom is 0.151 e. The lowest BCUT2D eigenvalue weighted by atomic mass is 9.97. The number of ketones is 1. The van der Waals surface area contributed by atoms with Crippen LogP contribution in [0.3, 0.4) is 0 Å². The Kier molecular flexibility index (Phi) is 6.89. The van der Waals surface area contributed by atoms with Crippen molar-refractivity contribution in [2.24, 2.45) is 17.0 Å². The molecule has 22 heavy (non-hydrogen) atoms. The van der Waals surface area contributed by atoms with Crippen LogP contribution in [0.25, 0.3) is 0 Å². The first-order valence-corrected chi connectivity index (χ1v) is 7.61. The summed E-state index contributed by atoms with van der Waals surface area (Å²) >= 11 is 0. The average Bonchev–Trinajstić information content (AvgIpc) is 2.46. The monoisotopic (exact) mass is 303 g/mol. The van der Waals surface area contributed by atoms with Crippen LogP contribution in [0.2, 0.25) is 0 Å². The Morgan fingerprint density at radius 3 is 2.27 bits per heavy atom. The minimum Gasteiger partial charge on any atom is -0.364 e. The van der Waals surface area contributed by atoms with Gasteiger partial charge in [0.2, 0.25) is 0 Å². The normalized spacial score (nSPS) is 13.5. The molecule has 120 valence electrons. The van der Waals surface area contributed by atoms with Gasteiger partial charge in [0.05, 0.1) is 11.9 Å². The van der Waals surface area contributed by atoms with Gasteiger partial charge in [-0.1, -0.05) is 32.9 Å². The SMILES string of the molecule is CC(=O)[C@H](CC(C)C)NC(=N)C(C)Cc1ccc(N=O)cc1. The molecule has 0 amide bonds. The number of benzene rings is 1. The van der Waals surface area contributed by atoms with E-state index in [1.54, 1.807) is 19.1 Å². The van der Waals surface area contributed by atoms with E-state index < -0.39 is 0 Å². The van der Waals surface area contributed by atoms with Crippen LogP contribution >= 0.6 is 0 Å². The third-order valence-corrected chi connectivity index (χ3v) is 3.60. The highest BCUT2D eigenvalue weighted by atomic mass is 16.3. The van der Waals surface area contributed by atoms with E-state index in [4.69, 9.17) is 5.41 Å². The van der Waals surface area contributed by atoms with Gasteiger partial charge in [0.25, 0.3) is 0 Å². The Labute approximate surface area is 132 Å². The van der Waals surface area contributed by atoms with Crippen LogP contribution in [0.15, 0.2) is 29.4 Å². The summed E-state index contributed by atoms with van der Waals surface area (Å²) < 4.78 is 0. The Bertz CT molecular complexity index is 523. The number of carbonyl (C=O) groups excluding carboxylic acids is 1. The fourth-order valence-electron chi connectivity index (χ4n) is 2.28. The molecule has 5 nitrogen and oxygen atoms in total. The number of rotatable bonds is 8. The highest BCUT2D eigenvalue weighted by Gasteiger charge is 2.19. The van der Waals surface area contributed by atoms with Gasteiger partial charge in [-0.05, 0) is 48.6 Å². The zero-order chi connectivity index (χ0) is 16.7. The quantitative estimate of drug-likeness (QED) is 0.435. The number of hydrogen-bond donors (Lipinski definition) is 2. The largest absolute Gasteiger partial charge is 0.364 e. The van der Waals surface area contributed by atoms with Crippen LogP contribution < -0.4 is 5.32 Å². The van der Waals surface area contributed by atoms with Gasteiger partial charge >= 0.3 is 0 Å². The maximum atomic E-state index is 11.7. The van der Waals surface area contributed by atoms with Gasteiger partial charge in [0, 0.05) is 5.92 Å². The van der Waals surface area contributed by atoms with Crippen molar-refractivity contribution in [1.29, 1.82) is 5.41 Å². The molecule has 0 aromatic heterocycles. The van der Waals surface area contributed by atoms with E-state index >= 15 is 0 Å². The van der Waals surface area contributed by atoms with Gasteiger partial charge in [0.15, 0.2) is 5.78 Å². The molecule has 0 saturated heterocycles. The molecule has 1 aromatic carbocycles. The van der Waals surface area contributed by atoms with E-state index in [9.17, 15) is 9.70 Å². The van der Waals surface area contributed by atoms with E-state index in [-0.39, 0.29) is 17.7 Å². The minimum absolute atomic E-state index is 0.0240. The molecule has 2 N–H and O–H groups in total. The molecular weight excluding hydrogens is 278 g/mol. The predicted octanol–water partition coefficient (Wildman–Crippen LogP) is 3.83. The van der Waals surface area contributed by atoms with Gasteiger partial charge in [-0.2, -0.15) is 0 Å². The summed E-state index contributed by atoms with van der Waals surface area (Å²) in [6, 6.07) is 6.73. The van der Waals surface area contributed by atoms with Gasteiger partial charge in [0.1, 0.15) is 5.69 Å². The van der Waals surface area contributed by atoms with Gasteiger partial charge in [-0.15, -0.1) is 4.91 Å². The van der Waals surface area contributed by atoms with E-state index in [2.05, 4.69) is 24.3 Å². The van der Waals surface area contributed by atoms with Crippen LogP contribution in [-0.4, -0.2) is 17.7 Å². The number of Topliss-reactive ketones (excluding diaryl/α,β-unsaturated/α-hetero) is 1. The molecule has 0 aliphatic carbocycles. The van der Waals surface area contributed by atoms with Crippen molar-refractivity contribution in [1.82, 2.24) is 5.32 Å². The van der Waals surface area contributed by atoms with Crippen LogP contribution in [0, 0.1) is 22.2 Å². The molecule has 0 spiro atoms. The van der Waals surface area contributed by atoms with Crippen molar-refractivity contribution < 1.29 is 4.79 Å². The molecular formula is C17H25N3O2. The molecule has 0 fully saturated rings. The fourth-order valence-corrected chi connectivity index (χ4v) is 2.28. The second-order valence-corrected chi connectivity index (χ2v) is 6.21. The number of nitroso groups, excluding NO2 is 1. The van der Waals surface area contributed by atoms with E-state index in [0.29, 0.717) is 23.9 Å². The summed E-state index contributed by atoms with van der Waals surface area (Å²) in [4.78, 5) is 22.1. The van der Waals surface area contributed by atoms with Crippen LogP contribution in [-0.2, 0) is 11.2 Å². The number of nitrogens with zero attached hydrogens (tertiary/aromatic N) is 1. The molecule has 0 heterocycles. The first kappa shape index (κ1) is 18.0. The van der Waals surface area contributed by atoms with Crippen molar-refractivity contribution in [3.05, 3.63) is 34.7 Å². The molecule has 0 aliphatic rings. The smallest absolute Gasteiger partial charge is 0.151 e. The summed E-state index contributed by atoms with van der Waals surface area (Å²) in [7, 11) is 0. The van der Waals surface area contributed by atoms with E-state index in [1.807, 2.05) is 19.1 Å². The number of hydrogen-bond acceptors (Lipinski definition) is 4. The van der Waals surface area contributed by atoms with Crippen molar-refractivity contribution in [3.63, 3.8) is 0 Å². The Hall–Kier alpha value is -2.04. The lowest BCUT2D eigenvalue weighted by Gasteiger charge is -2.22. The van der Waals surface area contributed by atoms with Crippen LogP contribution in [0.5, 0.6) is 0 Å². The molecule has 1 unspecified atom stereocenters. The molecule has 1 rings (SSSR count). The number of amidine groups is 1. The summed E-state index contributed by atoms with van der Waals surface area (Å²) in [6.07, 6.45) is 1.40. The van der Waals surface area contributed by atoms with Crippen molar-refractivity contribution in [2.75, 3.05) is 0 Å². The average molecular weight is 303 g/mol. The van der Waals surface area contributed by atoms with Gasteiger partial charge < -0.3 is 5.32 Å². The highest BCUT2D eigenvalue weighted by molar-refractivity contribution is 5.89. The third-order valence-electron chi connectivity index (χ3n) is 3.60. The number of carbonyl (C=O) groups is 1. The summed E-state index contributed by atoms with van der Waals surface area (Å²) in [5.41, 5.74) is 1.44. The first-order valence-electron chi connectivity index (χ1n) is 7.61. The molecule has 0 aliphatic heterocycles. The zero-order valence-electron chi connectivity index (χ0n) is 13.7. The van der Waals surface area contributed by atoms with Crippen molar-refractivity contribution >= 4 is 17.3 Å². The highest BCUT2D eigenvalue weighted by Crippen LogP contribution is 2.16. The molecule has 0 radical (unpaired) electrons. The lowest BCUT2D eigenvalue weighted by molar-refractivity contribution is -0.119. The summed E-state index contributed by atoms with van der Waals surface area (Å²) in [5.74, 6) is 0.808. The number of nitrogens with one attached hydrogen (secondary N) is 2. The summed E-state index contributed by atoms with van der Waals surface area (Å²) in [6.45, 7) is 7.64. The predicted molar refractivity (Wildman–Crippen MR) is 89.6 cm³/mol. The second kappa shape index (κ2) is 8.41. The Morgan fingerprint density at radius 2 is 1.82 bits per heavy atom. The molecule has 0 bridgehead atoms. The maximum absolute atomic E-state index is 11.7. The Morgan fingerprint density at radius 1 is 1.23 bits per heavy atom. The molecule has 2 atom stereocenters. The molecule has 1 aromatic rings. The van der Waals surface area contributed by atoms with Gasteiger partial charge in [-0.3, -0.25) is 10.2 Å². The van der Waals surface area contributed by atoms with E-state index in [0.717, 1.165) is 12.0 Å². The molecule has 0 saturated carbocycles. The van der Waals surface area contributed by atoms with Crippen LogP contribution in [0.1, 0.15) is 39.7 Å². The lowest BCUT2D eigenvalue weighted by Crippen LogP contribution is -2.43. The van der Waals surface area contributed by atoms with Crippen molar-refractivity contribution in [2.45, 2.75) is 46.6 Å². The first-order chi connectivity index (χ1) is 10.3.